The summed E-state index contributed by atoms with van der Waals surface area (Å²) in [5, 5.41) is 2.31. The van der Waals surface area contributed by atoms with Gasteiger partial charge in [-0.15, -0.1) is 22.7 Å². The summed E-state index contributed by atoms with van der Waals surface area (Å²) in [6.45, 7) is 0. The van der Waals surface area contributed by atoms with E-state index in [2.05, 4.69) is 24.3 Å². The van der Waals surface area contributed by atoms with Gasteiger partial charge in [-0.3, -0.25) is 0 Å². The van der Waals surface area contributed by atoms with Gasteiger partial charge >= 0.3 is 5.97 Å². The fourth-order valence-corrected chi connectivity index (χ4v) is 4.96. The molecule has 22 heavy (non-hydrogen) atoms. The lowest BCUT2D eigenvalue weighted by Gasteiger charge is -2.00. The van der Waals surface area contributed by atoms with Crippen molar-refractivity contribution >= 4 is 48.8 Å². The number of carbonyl (C=O) groups excluding carboxylic acids is 1. The third-order valence-electron chi connectivity index (χ3n) is 3.64. The molecular weight excluding hydrogens is 312 g/mol. The summed E-state index contributed by atoms with van der Waals surface area (Å²) in [6.07, 6.45) is 0. The monoisotopic (exact) mass is 324 g/mol. The van der Waals surface area contributed by atoms with Gasteiger partial charge in [-0.25, -0.2) is 4.79 Å². The van der Waals surface area contributed by atoms with Crippen molar-refractivity contribution in [3.63, 3.8) is 0 Å². The molecule has 0 fully saturated rings. The van der Waals surface area contributed by atoms with Gasteiger partial charge in [-0.1, -0.05) is 36.4 Å². The van der Waals surface area contributed by atoms with Gasteiger partial charge < -0.3 is 4.74 Å². The van der Waals surface area contributed by atoms with Crippen LogP contribution >= 0.6 is 22.7 Å². The first-order chi connectivity index (χ1) is 10.8. The fraction of sp³-hybridized carbons (Fsp3) is 0.0556. The van der Waals surface area contributed by atoms with Gasteiger partial charge in [0, 0.05) is 25.2 Å². The highest BCUT2D eigenvalue weighted by Crippen LogP contribution is 2.43. The SMILES string of the molecule is COC(=O)c1sc2ccccc2c1-c1cc2ccccc2s1. The summed E-state index contributed by atoms with van der Waals surface area (Å²) in [6, 6.07) is 18.5. The van der Waals surface area contributed by atoms with E-state index >= 15 is 0 Å². The average Bonchev–Trinajstić information content (AvgIpc) is 3.14. The standard InChI is InChI=1S/C18H12O2S2/c1-20-18(19)17-16(12-7-3-5-9-14(12)22-17)15-10-11-6-2-4-8-13(11)21-15/h2-10H,1H3. The number of rotatable bonds is 2. The van der Waals surface area contributed by atoms with Crippen molar-refractivity contribution in [2.24, 2.45) is 0 Å². The van der Waals surface area contributed by atoms with Crippen LogP contribution in [0.4, 0.5) is 0 Å². The van der Waals surface area contributed by atoms with Crippen molar-refractivity contribution in [1.29, 1.82) is 0 Å². The Labute approximate surface area is 135 Å². The summed E-state index contributed by atoms with van der Waals surface area (Å²) in [7, 11) is 1.43. The normalized spacial score (nSPS) is 11.1. The first-order valence-electron chi connectivity index (χ1n) is 6.87. The van der Waals surface area contributed by atoms with Crippen LogP contribution in [0.25, 0.3) is 30.6 Å². The van der Waals surface area contributed by atoms with Gasteiger partial charge in [0.05, 0.1) is 7.11 Å². The van der Waals surface area contributed by atoms with E-state index in [4.69, 9.17) is 4.74 Å². The lowest BCUT2D eigenvalue weighted by Crippen LogP contribution is -1.99. The molecule has 4 heteroatoms. The highest BCUT2D eigenvalue weighted by molar-refractivity contribution is 7.24. The predicted molar refractivity (Wildman–Crippen MR) is 94.0 cm³/mol. The smallest absolute Gasteiger partial charge is 0.348 e. The Morgan fingerprint density at radius 1 is 0.955 bits per heavy atom. The second kappa shape index (κ2) is 5.23. The molecule has 0 bridgehead atoms. The largest absolute Gasteiger partial charge is 0.465 e. The van der Waals surface area contributed by atoms with Crippen molar-refractivity contribution in [3.05, 3.63) is 59.5 Å². The average molecular weight is 324 g/mol. The number of hydrogen-bond donors (Lipinski definition) is 0. The van der Waals surface area contributed by atoms with Crippen LogP contribution in [-0.4, -0.2) is 13.1 Å². The lowest BCUT2D eigenvalue weighted by atomic mass is 10.1. The molecule has 0 N–H and O–H groups in total. The maximum Gasteiger partial charge on any atom is 0.348 e. The topological polar surface area (TPSA) is 26.3 Å². The Hall–Kier alpha value is -2.17. The molecule has 2 heterocycles. The Balaban J connectivity index is 2.05. The molecule has 2 aromatic heterocycles. The first kappa shape index (κ1) is 13.5. The van der Waals surface area contributed by atoms with Gasteiger partial charge in [-0.05, 0) is 23.6 Å². The van der Waals surface area contributed by atoms with Crippen LogP contribution in [-0.2, 0) is 4.74 Å². The summed E-state index contributed by atoms with van der Waals surface area (Å²) in [5.74, 6) is -0.270. The van der Waals surface area contributed by atoms with E-state index in [1.165, 1.54) is 28.5 Å². The number of hydrogen-bond acceptors (Lipinski definition) is 4. The van der Waals surface area contributed by atoms with E-state index in [0.717, 1.165) is 20.5 Å². The maximum atomic E-state index is 12.2. The van der Waals surface area contributed by atoms with Gasteiger partial charge in [-0.2, -0.15) is 0 Å². The molecule has 4 rings (SSSR count). The lowest BCUT2D eigenvalue weighted by molar-refractivity contribution is 0.0607. The van der Waals surface area contributed by atoms with Crippen molar-refractivity contribution in [2.45, 2.75) is 0 Å². The van der Waals surface area contributed by atoms with Crippen LogP contribution in [0.15, 0.2) is 54.6 Å². The number of ether oxygens (including phenoxy) is 1. The predicted octanol–water partition coefficient (Wildman–Crippen LogP) is 5.57. The van der Waals surface area contributed by atoms with Crippen molar-refractivity contribution in [2.75, 3.05) is 7.11 Å². The number of esters is 1. The Bertz CT molecular complexity index is 962. The van der Waals surface area contributed by atoms with Crippen LogP contribution in [0.5, 0.6) is 0 Å². The van der Waals surface area contributed by atoms with Gasteiger partial charge in [0.2, 0.25) is 0 Å². The van der Waals surface area contributed by atoms with Crippen LogP contribution in [0.2, 0.25) is 0 Å². The molecule has 108 valence electrons. The Morgan fingerprint density at radius 3 is 2.45 bits per heavy atom. The first-order valence-corrected chi connectivity index (χ1v) is 8.50. The van der Waals surface area contributed by atoms with Crippen LogP contribution in [0, 0.1) is 0 Å². The molecule has 0 amide bonds. The molecule has 0 saturated heterocycles. The summed E-state index contributed by atoms with van der Waals surface area (Å²) >= 11 is 3.20. The second-order valence-corrected chi connectivity index (χ2v) is 7.08. The second-order valence-electron chi connectivity index (χ2n) is 4.94. The molecule has 0 aliphatic carbocycles. The van der Waals surface area contributed by atoms with E-state index in [-0.39, 0.29) is 5.97 Å². The molecule has 0 spiro atoms. The van der Waals surface area contributed by atoms with Gasteiger partial charge in [0.1, 0.15) is 4.88 Å². The summed E-state index contributed by atoms with van der Waals surface area (Å²) in [4.78, 5) is 14.0. The van der Waals surface area contributed by atoms with Crippen LogP contribution in [0.1, 0.15) is 9.67 Å². The summed E-state index contributed by atoms with van der Waals surface area (Å²) in [5.41, 5.74) is 0.994. The Morgan fingerprint density at radius 2 is 1.68 bits per heavy atom. The number of benzene rings is 2. The minimum absolute atomic E-state index is 0.270. The molecule has 2 aromatic carbocycles. The molecule has 4 aromatic rings. The molecular formula is C18H12O2S2. The van der Waals surface area contributed by atoms with E-state index in [9.17, 15) is 4.79 Å². The number of carbonyl (C=O) groups is 1. The van der Waals surface area contributed by atoms with E-state index in [0.29, 0.717) is 4.88 Å². The minimum Gasteiger partial charge on any atom is -0.465 e. The van der Waals surface area contributed by atoms with Crippen molar-refractivity contribution < 1.29 is 9.53 Å². The molecule has 0 atom stereocenters. The van der Waals surface area contributed by atoms with Gasteiger partial charge in [0.15, 0.2) is 0 Å². The molecule has 0 aliphatic rings. The van der Waals surface area contributed by atoms with Gasteiger partial charge in [0.25, 0.3) is 0 Å². The molecule has 0 aliphatic heterocycles. The zero-order chi connectivity index (χ0) is 15.1. The Kier molecular flexibility index (Phi) is 3.21. The highest BCUT2D eigenvalue weighted by Gasteiger charge is 2.21. The van der Waals surface area contributed by atoms with E-state index in [1.54, 1.807) is 11.3 Å². The molecule has 2 nitrogen and oxygen atoms in total. The number of methoxy groups -OCH3 is 1. The highest BCUT2D eigenvalue weighted by atomic mass is 32.1. The summed E-state index contributed by atoms with van der Waals surface area (Å²) < 4.78 is 7.31. The quantitative estimate of drug-likeness (QED) is 0.451. The van der Waals surface area contributed by atoms with Crippen LogP contribution < -0.4 is 0 Å². The number of fused-ring (bicyclic) bond motifs is 2. The molecule has 0 saturated carbocycles. The van der Waals surface area contributed by atoms with E-state index in [1.807, 2.05) is 30.3 Å². The zero-order valence-corrected chi connectivity index (χ0v) is 13.5. The van der Waals surface area contributed by atoms with Crippen molar-refractivity contribution in [3.8, 4) is 10.4 Å². The maximum absolute atomic E-state index is 12.2. The van der Waals surface area contributed by atoms with Crippen molar-refractivity contribution in [1.82, 2.24) is 0 Å². The third kappa shape index (κ3) is 2.03. The van der Waals surface area contributed by atoms with Crippen LogP contribution in [0.3, 0.4) is 0 Å². The fourth-order valence-electron chi connectivity index (χ4n) is 2.63. The zero-order valence-electron chi connectivity index (χ0n) is 11.8. The molecule has 0 unspecified atom stereocenters. The number of thiophene rings is 2. The minimum atomic E-state index is -0.270. The van der Waals surface area contributed by atoms with E-state index < -0.39 is 0 Å². The molecule has 0 radical (unpaired) electrons. The third-order valence-corrected chi connectivity index (χ3v) is 5.92.